The van der Waals surface area contributed by atoms with Gasteiger partial charge in [-0.2, -0.15) is 0 Å². The van der Waals surface area contributed by atoms with E-state index in [4.69, 9.17) is 0 Å². The van der Waals surface area contributed by atoms with Crippen LogP contribution in [0.25, 0.3) is 0 Å². The number of hydrogen-bond donors (Lipinski definition) is 1. The first-order valence-corrected chi connectivity index (χ1v) is 15.9. The van der Waals surface area contributed by atoms with E-state index in [1.807, 2.05) is 0 Å². The van der Waals surface area contributed by atoms with E-state index in [0.29, 0.717) is 0 Å². The molecule has 0 saturated heterocycles. The third-order valence-electron chi connectivity index (χ3n) is 7.68. The van der Waals surface area contributed by atoms with Gasteiger partial charge in [0.15, 0.2) is 0 Å². The van der Waals surface area contributed by atoms with Gasteiger partial charge in [-0.1, -0.05) is 181 Å². The summed E-state index contributed by atoms with van der Waals surface area (Å²) in [5.74, 6) is 0.768. The molecular weight excluding hydrogens is 400 g/mol. The Labute approximate surface area is 211 Å². The van der Waals surface area contributed by atoms with E-state index >= 15 is 0 Å². The second kappa shape index (κ2) is 28.2. The monoisotopic (exact) mass is 467 g/mol. The summed E-state index contributed by atoms with van der Waals surface area (Å²) in [4.78, 5) is 0. The average Bonchev–Trinajstić information content (AvgIpc) is 2.81. The lowest BCUT2D eigenvalue weighted by atomic mass is 9.88. The first-order chi connectivity index (χ1) is 16.2. The van der Waals surface area contributed by atoms with Gasteiger partial charge in [0.1, 0.15) is 0 Å². The largest absolute Gasteiger partial charge is 0.393 e. The molecule has 0 radical (unpaired) electrons. The molecule has 0 heterocycles. The summed E-state index contributed by atoms with van der Waals surface area (Å²) in [5.41, 5.74) is 0. The predicted octanol–water partition coefficient (Wildman–Crippen LogP) is 11.6. The topological polar surface area (TPSA) is 20.2 Å². The SMILES string of the molecule is CCCCCCCCCCCC(O)CC(CCCCCCCC)CCCCCCCCCC. The summed E-state index contributed by atoms with van der Waals surface area (Å²) >= 11 is 0. The van der Waals surface area contributed by atoms with Gasteiger partial charge in [-0.15, -0.1) is 0 Å². The van der Waals surface area contributed by atoms with Crippen molar-refractivity contribution in [1.29, 1.82) is 0 Å². The van der Waals surface area contributed by atoms with Crippen molar-refractivity contribution >= 4 is 0 Å². The number of aliphatic hydroxyl groups excluding tert-OH is 1. The highest BCUT2D eigenvalue weighted by molar-refractivity contribution is 4.67. The maximum Gasteiger partial charge on any atom is 0.0542 e. The van der Waals surface area contributed by atoms with Gasteiger partial charge in [0.2, 0.25) is 0 Å². The molecule has 0 rings (SSSR count). The van der Waals surface area contributed by atoms with Crippen LogP contribution in [0.2, 0.25) is 0 Å². The molecule has 0 aliphatic heterocycles. The van der Waals surface area contributed by atoms with E-state index in [0.717, 1.165) is 18.8 Å². The zero-order chi connectivity index (χ0) is 24.2. The lowest BCUT2D eigenvalue weighted by molar-refractivity contribution is 0.123. The van der Waals surface area contributed by atoms with Gasteiger partial charge >= 0.3 is 0 Å². The molecule has 0 aliphatic rings. The quantitative estimate of drug-likeness (QED) is 0.114. The average molecular weight is 467 g/mol. The highest BCUT2D eigenvalue weighted by Crippen LogP contribution is 2.25. The van der Waals surface area contributed by atoms with Gasteiger partial charge in [0, 0.05) is 0 Å². The van der Waals surface area contributed by atoms with Crippen molar-refractivity contribution < 1.29 is 5.11 Å². The maximum atomic E-state index is 10.7. The minimum absolute atomic E-state index is 0.0475. The molecule has 0 aromatic heterocycles. The van der Waals surface area contributed by atoms with Crippen molar-refractivity contribution in [3.05, 3.63) is 0 Å². The zero-order valence-electron chi connectivity index (χ0n) is 23.7. The lowest BCUT2D eigenvalue weighted by Crippen LogP contribution is -2.14. The first-order valence-electron chi connectivity index (χ1n) is 15.9. The van der Waals surface area contributed by atoms with Crippen LogP contribution >= 0.6 is 0 Å². The van der Waals surface area contributed by atoms with Gasteiger partial charge < -0.3 is 5.11 Å². The minimum atomic E-state index is -0.0475. The van der Waals surface area contributed by atoms with E-state index < -0.39 is 0 Å². The molecule has 0 amide bonds. The van der Waals surface area contributed by atoms with E-state index in [9.17, 15) is 5.11 Å². The van der Waals surface area contributed by atoms with E-state index in [1.54, 1.807) is 0 Å². The molecule has 0 spiro atoms. The van der Waals surface area contributed by atoms with Crippen LogP contribution in [0, 0.1) is 5.92 Å². The Kier molecular flexibility index (Phi) is 28.2. The van der Waals surface area contributed by atoms with Crippen molar-refractivity contribution in [3.63, 3.8) is 0 Å². The first kappa shape index (κ1) is 33.0. The summed E-state index contributed by atoms with van der Waals surface area (Å²) in [7, 11) is 0. The van der Waals surface area contributed by atoms with Crippen LogP contribution in [-0.2, 0) is 0 Å². The molecule has 1 nitrogen and oxygen atoms in total. The smallest absolute Gasteiger partial charge is 0.0542 e. The van der Waals surface area contributed by atoms with Gasteiger partial charge in [0.05, 0.1) is 6.10 Å². The Morgan fingerprint density at radius 2 is 0.636 bits per heavy atom. The molecule has 0 saturated carbocycles. The van der Waals surface area contributed by atoms with Crippen LogP contribution in [0.3, 0.4) is 0 Å². The van der Waals surface area contributed by atoms with E-state index in [2.05, 4.69) is 20.8 Å². The molecular formula is C32H66O. The van der Waals surface area contributed by atoms with Crippen molar-refractivity contribution in [1.82, 2.24) is 0 Å². The molecule has 0 aromatic carbocycles. The summed E-state index contributed by atoms with van der Waals surface area (Å²) in [5, 5.41) is 10.7. The Balaban J connectivity index is 3.95. The third kappa shape index (κ3) is 26.4. The molecule has 0 fully saturated rings. The number of aliphatic hydroxyl groups is 1. The van der Waals surface area contributed by atoms with Crippen molar-refractivity contribution in [2.75, 3.05) is 0 Å². The fourth-order valence-electron chi connectivity index (χ4n) is 5.35. The normalized spacial score (nSPS) is 13.5. The van der Waals surface area contributed by atoms with E-state index in [1.165, 1.54) is 161 Å². The molecule has 1 N–H and O–H groups in total. The molecule has 2 atom stereocenters. The highest BCUT2D eigenvalue weighted by Gasteiger charge is 2.14. The van der Waals surface area contributed by atoms with Crippen LogP contribution < -0.4 is 0 Å². The highest BCUT2D eigenvalue weighted by atomic mass is 16.3. The van der Waals surface area contributed by atoms with Crippen LogP contribution in [-0.4, -0.2) is 11.2 Å². The second-order valence-electron chi connectivity index (χ2n) is 11.2. The van der Waals surface area contributed by atoms with Gasteiger partial charge in [-0.3, -0.25) is 0 Å². The van der Waals surface area contributed by atoms with Crippen LogP contribution in [0.4, 0.5) is 0 Å². The molecule has 33 heavy (non-hydrogen) atoms. The van der Waals surface area contributed by atoms with Gasteiger partial charge in [0.25, 0.3) is 0 Å². The number of hydrogen-bond acceptors (Lipinski definition) is 1. The lowest BCUT2D eigenvalue weighted by Gasteiger charge is -2.21. The maximum absolute atomic E-state index is 10.7. The predicted molar refractivity (Wildman–Crippen MR) is 151 cm³/mol. The van der Waals surface area contributed by atoms with Crippen LogP contribution in [0.15, 0.2) is 0 Å². The Morgan fingerprint density at radius 3 is 0.970 bits per heavy atom. The fraction of sp³-hybridized carbons (Fsp3) is 1.00. The number of unbranched alkanes of at least 4 members (excludes halogenated alkanes) is 20. The van der Waals surface area contributed by atoms with Crippen molar-refractivity contribution in [2.24, 2.45) is 5.92 Å². The standard InChI is InChI=1S/C32H66O/c1-4-7-10-13-16-18-20-23-26-29-32(33)30-31(27-24-21-15-12-9-6-3)28-25-22-19-17-14-11-8-5-2/h31-33H,4-30H2,1-3H3. The summed E-state index contributed by atoms with van der Waals surface area (Å²) in [6.45, 7) is 6.89. The van der Waals surface area contributed by atoms with Crippen LogP contribution in [0.1, 0.15) is 194 Å². The molecule has 0 bridgehead atoms. The molecule has 200 valence electrons. The van der Waals surface area contributed by atoms with Crippen molar-refractivity contribution in [3.8, 4) is 0 Å². The second-order valence-corrected chi connectivity index (χ2v) is 11.2. The number of rotatable bonds is 28. The fourth-order valence-corrected chi connectivity index (χ4v) is 5.35. The Hall–Kier alpha value is -0.0400. The van der Waals surface area contributed by atoms with Gasteiger partial charge in [-0.05, 0) is 18.8 Å². The Bertz CT molecular complexity index is 339. The molecule has 0 aromatic rings. The third-order valence-corrected chi connectivity index (χ3v) is 7.68. The van der Waals surface area contributed by atoms with Crippen LogP contribution in [0.5, 0.6) is 0 Å². The zero-order valence-corrected chi connectivity index (χ0v) is 23.7. The van der Waals surface area contributed by atoms with Crippen molar-refractivity contribution in [2.45, 2.75) is 200 Å². The summed E-state index contributed by atoms with van der Waals surface area (Å²) in [6, 6.07) is 0. The summed E-state index contributed by atoms with van der Waals surface area (Å²) in [6.07, 6.45) is 36.8. The molecule has 2 unspecified atom stereocenters. The Morgan fingerprint density at radius 1 is 0.364 bits per heavy atom. The molecule has 1 heteroatoms. The summed E-state index contributed by atoms with van der Waals surface area (Å²) < 4.78 is 0. The van der Waals surface area contributed by atoms with E-state index in [-0.39, 0.29) is 6.10 Å². The van der Waals surface area contributed by atoms with Gasteiger partial charge in [-0.25, -0.2) is 0 Å². The molecule has 0 aliphatic carbocycles. The minimum Gasteiger partial charge on any atom is -0.393 e.